The van der Waals surface area contributed by atoms with Gasteiger partial charge in [-0.2, -0.15) is 0 Å². The maximum absolute atomic E-state index is 11.5. The minimum atomic E-state index is -1.33. The van der Waals surface area contributed by atoms with Crippen LogP contribution in [0.2, 0.25) is 0 Å². The summed E-state index contributed by atoms with van der Waals surface area (Å²) in [4.78, 5) is 34.6. The van der Waals surface area contributed by atoms with Gasteiger partial charge in [0, 0.05) is 25.7 Å². The Balaban J connectivity index is 3.40. The fourth-order valence-electron chi connectivity index (χ4n) is 1.68. The molecule has 0 saturated heterocycles. The molecule has 0 aliphatic rings. The average Bonchev–Trinajstić information content (AvgIpc) is 2.44. The Labute approximate surface area is 121 Å². The molecule has 0 saturated carbocycles. The molecule has 0 fully saturated rings. The van der Waals surface area contributed by atoms with Crippen molar-refractivity contribution in [3.05, 3.63) is 33.9 Å². The first-order valence-corrected chi connectivity index (χ1v) is 6.10. The highest BCUT2D eigenvalue weighted by atomic mass is 16.6. The number of benzene rings is 1. The lowest BCUT2D eigenvalue weighted by Gasteiger charge is -2.33. The van der Waals surface area contributed by atoms with Crippen LogP contribution >= 0.6 is 0 Å². The molecule has 0 aliphatic carbocycles. The summed E-state index contributed by atoms with van der Waals surface area (Å²) in [5.41, 5.74) is -1.40. The molecular formula is C13H17N3O5. The number of rotatable bonds is 5. The number of nitrogens with one attached hydrogen (secondary N) is 1. The van der Waals surface area contributed by atoms with Crippen molar-refractivity contribution in [3.8, 4) is 0 Å². The van der Waals surface area contributed by atoms with Crippen molar-refractivity contribution in [2.24, 2.45) is 0 Å². The van der Waals surface area contributed by atoms with Crippen molar-refractivity contribution in [2.45, 2.75) is 19.4 Å². The van der Waals surface area contributed by atoms with Gasteiger partial charge in [-0.3, -0.25) is 14.9 Å². The van der Waals surface area contributed by atoms with Gasteiger partial charge < -0.3 is 15.3 Å². The second-order valence-corrected chi connectivity index (χ2v) is 4.96. The predicted molar refractivity (Wildman–Crippen MR) is 76.6 cm³/mol. The van der Waals surface area contributed by atoms with Crippen LogP contribution in [0.4, 0.5) is 11.4 Å². The number of aliphatic carboxylic acids is 1. The van der Waals surface area contributed by atoms with Crippen molar-refractivity contribution in [3.63, 3.8) is 0 Å². The lowest BCUT2D eigenvalue weighted by Crippen LogP contribution is -2.48. The lowest BCUT2D eigenvalue weighted by molar-refractivity contribution is -0.384. The zero-order valence-corrected chi connectivity index (χ0v) is 12.2. The van der Waals surface area contributed by atoms with Crippen LogP contribution in [-0.2, 0) is 4.79 Å². The molecule has 1 amide bonds. The number of anilines is 1. The molecule has 1 rings (SSSR count). The maximum atomic E-state index is 11.5. The van der Waals surface area contributed by atoms with Crippen LogP contribution in [0.3, 0.4) is 0 Å². The van der Waals surface area contributed by atoms with E-state index >= 15 is 0 Å². The molecule has 8 heteroatoms. The Bertz CT molecular complexity index is 597. The SMILES string of the molecule is CNC(=O)c1ccc(N(C)C(C)(C)C(=O)O)c([N+](=O)[O-])c1. The molecule has 21 heavy (non-hydrogen) atoms. The van der Waals surface area contributed by atoms with E-state index in [9.17, 15) is 24.8 Å². The molecule has 0 bridgehead atoms. The van der Waals surface area contributed by atoms with Gasteiger partial charge in [0.1, 0.15) is 11.2 Å². The number of carbonyl (C=O) groups is 2. The van der Waals surface area contributed by atoms with Crippen LogP contribution in [0, 0.1) is 10.1 Å². The van der Waals surface area contributed by atoms with E-state index in [1.54, 1.807) is 0 Å². The van der Waals surface area contributed by atoms with E-state index in [0.29, 0.717) is 0 Å². The molecule has 0 radical (unpaired) electrons. The van der Waals surface area contributed by atoms with E-state index in [2.05, 4.69) is 5.32 Å². The number of carboxylic acids is 1. The minimum absolute atomic E-state index is 0.125. The molecule has 0 unspecified atom stereocenters. The zero-order valence-electron chi connectivity index (χ0n) is 12.2. The Hall–Kier alpha value is -2.64. The van der Waals surface area contributed by atoms with E-state index in [4.69, 9.17) is 0 Å². The second-order valence-electron chi connectivity index (χ2n) is 4.96. The molecule has 114 valence electrons. The summed E-state index contributed by atoms with van der Waals surface area (Å²) in [7, 11) is 2.87. The smallest absolute Gasteiger partial charge is 0.328 e. The standard InChI is InChI=1S/C13H17N3O5/c1-13(2,12(18)19)15(4)9-6-5-8(11(17)14-3)7-10(9)16(20)21/h5-7H,1-4H3,(H,14,17)(H,18,19). The van der Waals surface area contributed by atoms with Crippen LogP contribution in [0.25, 0.3) is 0 Å². The number of likely N-dealkylation sites (N-methyl/N-ethyl adjacent to an activating group) is 1. The summed E-state index contributed by atoms with van der Waals surface area (Å²) in [5.74, 6) is -1.57. The fraction of sp³-hybridized carbons (Fsp3) is 0.385. The molecular weight excluding hydrogens is 278 g/mol. The monoisotopic (exact) mass is 295 g/mol. The highest BCUT2D eigenvalue weighted by molar-refractivity contribution is 5.96. The van der Waals surface area contributed by atoms with Gasteiger partial charge in [-0.15, -0.1) is 0 Å². The normalized spacial score (nSPS) is 10.9. The Morgan fingerprint density at radius 1 is 1.38 bits per heavy atom. The summed E-state index contributed by atoms with van der Waals surface area (Å²) in [5, 5.41) is 22.8. The van der Waals surface area contributed by atoms with Crippen LogP contribution < -0.4 is 10.2 Å². The number of hydrogen-bond acceptors (Lipinski definition) is 5. The van der Waals surface area contributed by atoms with Crippen LogP contribution in [0.1, 0.15) is 24.2 Å². The lowest BCUT2D eigenvalue weighted by atomic mass is 10.0. The fourth-order valence-corrected chi connectivity index (χ4v) is 1.68. The average molecular weight is 295 g/mol. The van der Waals surface area contributed by atoms with Crippen molar-refractivity contribution in [2.75, 3.05) is 19.0 Å². The topological polar surface area (TPSA) is 113 Å². The molecule has 8 nitrogen and oxygen atoms in total. The summed E-state index contributed by atoms with van der Waals surface area (Å²) >= 11 is 0. The van der Waals surface area contributed by atoms with Gasteiger partial charge in [-0.05, 0) is 26.0 Å². The minimum Gasteiger partial charge on any atom is -0.480 e. The Morgan fingerprint density at radius 3 is 2.38 bits per heavy atom. The molecule has 2 N–H and O–H groups in total. The maximum Gasteiger partial charge on any atom is 0.328 e. The molecule has 0 atom stereocenters. The van der Waals surface area contributed by atoms with Crippen LogP contribution in [-0.4, -0.2) is 41.5 Å². The number of nitrogens with zero attached hydrogens (tertiary/aromatic N) is 2. The second kappa shape index (κ2) is 5.78. The Morgan fingerprint density at radius 2 is 1.95 bits per heavy atom. The van der Waals surface area contributed by atoms with Crippen LogP contribution in [0.15, 0.2) is 18.2 Å². The highest BCUT2D eigenvalue weighted by Crippen LogP contribution is 2.32. The number of amides is 1. The number of hydrogen-bond donors (Lipinski definition) is 2. The Kier molecular flexibility index (Phi) is 4.52. The zero-order chi connectivity index (χ0) is 16.4. The highest BCUT2D eigenvalue weighted by Gasteiger charge is 2.35. The first-order chi connectivity index (χ1) is 9.62. The van der Waals surface area contributed by atoms with Gasteiger partial charge in [-0.1, -0.05) is 0 Å². The van der Waals surface area contributed by atoms with E-state index < -0.39 is 22.3 Å². The molecule has 1 aromatic rings. The predicted octanol–water partition coefficient (Wildman–Crippen LogP) is 1.25. The van der Waals surface area contributed by atoms with Gasteiger partial charge in [0.15, 0.2) is 0 Å². The van der Waals surface area contributed by atoms with Gasteiger partial charge in [-0.25, -0.2) is 4.79 Å². The number of carboxylic acid groups (broad SMARTS) is 1. The van der Waals surface area contributed by atoms with E-state index in [-0.39, 0.29) is 16.9 Å². The summed E-state index contributed by atoms with van der Waals surface area (Å²) in [6, 6.07) is 3.91. The molecule has 1 aromatic carbocycles. The molecule has 0 aliphatic heterocycles. The molecule has 0 spiro atoms. The van der Waals surface area contributed by atoms with Crippen molar-refractivity contribution in [1.82, 2.24) is 5.32 Å². The summed E-state index contributed by atoms with van der Waals surface area (Å²) < 4.78 is 0. The third-order valence-electron chi connectivity index (χ3n) is 3.38. The first kappa shape index (κ1) is 16.4. The van der Waals surface area contributed by atoms with Crippen molar-refractivity contribution in [1.29, 1.82) is 0 Å². The van der Waals surface area contributed by atoms with Crippen molar-refractivity contribution >= 4 is 23.3 Å². The third-order valence-corrected chi connectivity index (χ3v) is 3.38. The first-order valence-electron chi connectivity index (χ1n) is 6.10. The third kappa shape index (κ3) is 3.10. The number of carbonyl (C=O) groups excluding carboxylic acids is 1. The van der Waals surface area contributed by atoms with E-state index in [0.717, 1.165) is 6.07 Å². The van der Waals surface area contributed by atoms with E-state index in [1.807, 2.05) is 0 Å². The summed E-state index contributed by atoms with van der Waals surface area (Å²) in [6.07, 6.45) is 0. The van der Waals surface area contributed by atoms with Crippen molar-refractivity contribution < 1.29 is 19.6 Å². The molecule has 0 heterocycles. The number of nitro benzene ring substituents is 1. The van der Waals surface area contributed by atoms with Gasteiger partial charge in [0.2, 0.25) is 0 Å². The van der Waals surface area contributed by atoms with Gasteiger partial charge >= 0.3 is 5.97 Å². The van der Waals surface area contributed by atoms with Crippen LogP contribution in [0.5, 0.6) is 0 Å². The number of nitro groups is 1. The quantitative estimate of drug-likeness (QED) is 0.624. The summed E-state index contributed by atoms with van der Waals surface area (Å²) in [6.45, 7) is 2.87. The molecule has 0 aromatic heterocycles. The largest absolute Gasteiger partial charge is 0.480 e. The van der Waals surface area contributed by atoms with Gasteiger partial charge in [0.25, 0.3) is 11.6 Å². The van der Waals surface area contributed by atoms with E-state index in [1.165, 1.54) is 45.0 Å². The van der Waals surface area contributed by atoms with Gasteiger partial charge in [0.05, 0.1) is 4.92 Å².